The number of carbonyl (C=O) groups excluding carboxylic acids is 1. The van der Waals surface area contributed by atoms with Crippen LogP contribution in [0.3, 0.4) is 0 Å². The largest absolute Gasteiger partial charge is 0.454 e. The van der Waals surface area contributed by atoms with E-state index in [1.54, 1.807) is 4.90 Å². The molecule has 0 aromatic heterocycles. The molecular weight excluding hydrogens is 306 g/mol. The molecule has 1 saturated heterocycles. The predicted molar refractivity (Wildman–Crippen MR) is 88.1 cm³/mol. The Hall–Kier alpha value is -2.68. The van der Waals surface area contributed by atoms with Gasteiger partial charge in [0.25, 0.3) is 5.91 Å². The van der Waals surface area contributed by atoms with E-state index in [2.05, 4.69) is 12.2 Å². The molecular formula is C18H21N3O3. The highest BCUT2D eigenvalue weighted by Crippen LogP contribution is 2.32. The number of piperidine rings is 1. The lowest BCUT2D eigenvalue weighted by Gasteiger charge is -2.30. The number of benzene rings is 1. The molecule has 2 aliphatic heterocycles. The van der Waals surface area contributed by atoms with E-state index < -0.39 is 0 Å². The fourth-order valence-electron chi connectivity index (χ4n) is 2.85. The second-order valence-corrected chi connectivity index (χ2v) is 6.21. The van der Waals surface area contributed by atoms with Gasteiger partial charge in [-0.15, -0.1) is 0 Å². The Kier molecular flexibility index (Phi) is 4.90. The molecule has 1 N–H and O–H groups in total. The van der Waals surface area contributed by atoms with Gasteiger partial charge in [-0.3, -0.25) is 4.79 Å². The van der Waals surface area contributed by atoms with Crippen LogP contribution in [0.4, 0.5) is 0 Å². The fourth-order valence-corrected chi connectivity index (χ4v) is 2.85. The summed E-state index contributed by atoms with van der Waals surface area (Å²) in [6.07, 6.45) is 3.50. The maximum atomic E-state index is 12.4. The summed E-state index contributed by atoms with van der Waals surface area (Å²) >= 11 is 0. The van der Waals surface area contributed by atoms with Crippen LogP contribution < -0.4 is 14.8 Å². The summed E-state index contributed by atoms with van der Waals surface area (Å²) in [5.74, 6) is 1.91. The van der Waals surface area contributed by atoms with Gasteiger partial charge in [-0.2, -0.15) is 5.26 Å². The Morgan fingerprint density at radius 3 is 2.88 bits per heavy atom. The maximum absolute atomic E-state index is 12.4. The number of rotatable bonds is 4. The Morgan fingerprint density at radius 2 is 2.12 bits per heavy atom. The van der Waals surface area contributed by atoms with Gasteiger partial charge in [0.15, 0.2) is 11.5 Å². The molecule has 2 aliphatic rings. The van der Waals surface area contributed by atoms with E-state index >= 15 is 0 Å². The highest BCUT2D eigenvalue weighted by Gasteiger charge is 2.23. The normalized spacial score (nSPS) is 17.5. The molecule has 3 rings (SSSR count). The van der Waals surface area contributed by atoms with Crippen LogP contribution in [-0.2, 0) is 11.3 Å². The standard InChI is InChI=1S/C18H21N3O3/c1-13-4-6-21(7-5-13)18(22)15(9-19)11-20-10-14-2-3-16-17(8-14)24-12-23-16/h2-3,8,11,13,20H,4-7,10,12H2,1H3/b15-11-. The minimum absolute atomic E-state index is 0.144. The number of hydrogen-bond donors (Lipinski definition) is 1. The predicted octanol–water partition coefficient (Wildman–Crippen LogP) is 2.17. The zero-order valence-electron chi connectivity index (χ0n) is 13.7. The van der Waals surface area contributed by atoms with E-state index in [9.17, 15) is 10.1 Å². The smallest absolute Gasteiger partial charge is 0.265 e. The molecule has 0 aliphatic carbocycles. The number of carbonyl (C=O) groups is 1. The van der Waals surface area contributed by atoms with Crippen molar-refractivity contribution in [3.63, 3.8) is 0 Å². The van der Waals surface area contributed by atoms with Crippen molar-refractivity contribution in [1.29, 1.82) is 5.26 Å². The molecule has 1 amide bonds. The number of ether oxygens (including phenoxy) is 2. The molecule has 0 spiro atoms. The first-order chi connectivity index (χ1) is 11.7. The summed E-state index contributed by atoms with van der Waals surface area (Å²) in [6, 6.07) is 7.67. The number of nitrogens with one attached hydrogen (secondary N) is 1. The highest BCUT2D eigenvalue weighted by molar-refractivity contribution is 5.97. The number of nitrogens with zero attached hydrogens (tertiary/aromatic N) is 2. The molecule has 0 unspecified atom stereocenters. The van der Waals surface area contributed by atoms with Crippen molar-refractivity contribution >= 4 is 5.91 Å². The average molecular weight is 327 g/mol. The van der Waals surface area contributed by atoms with Crippen LogP contribution in [0.5, 0.6) is 11.5 Å². The van der Waals surface area contributed by atoms with E-state index in [0.717, 1.165) is 43.0 Å². The first-order valence-corrected chi connectivity index (χ1v) is 8.19. The molecule has 24 heavy (non-hydrogen) atoms. The molecule has 0 saturated carbocycles. The second kappa shape index (κ2) is 7.26. The summed E-state index contributed by atoms with van der Waals surface area (Å²) in [7, 11) is 0. The van der Waals surface area contributed by atoms with Crippen LogP contribution in [0.2, 0.25) is 0 Å². The van der Waals surface area contributed by atoms with Crippen molar-refractivity contribution < 1.29 is 14.3 Å². The summed E-state index contributed by atoms with van der Waals surface area (Å²) < 4.78 is 10.6. The van der Waals surface area contributed by atoms with E-state index in [1.165, 1.54) is 6.20 Å². The molecule has 0 atom stereocenters. The molecule has 2 heterocycles. The van der Waals surface area contributed by atoms with Crippen LogP contribution in [-0.4, -0.2) is 30.7 Å². The average Bonchev–Trinajstić information content (AvgIpc) is 3.06. The van der Waals surface area contributed by atoms with Gasteiger partial charge in [0.1, 0.15) is 11.6 Å². The number of hydrogen-bond acceptors (Lipinski definition) is 5. The van der Waals surface area contributed by atoms with Crippen molar-refractivity contribution in [2.24, 2.45) is 5.92 Å². The topological polar surface area (TPSA) is 74.6 Å². The first-order valence-electron chi connectivity index (χ1n) is 8.19. The number of likely N-dealkylation sites (tertiary alicyclic amines) is 1. The van der Waals surface area contributed by atoms with Crippen LogP contribution in [0.15, 0.2) is 30.0 Å². The molecule has 6 heteroatoms. The Morgan fingerprint density at radius 1 is 1.38 bits per heavy atom. The molecule has 1 aromatic rings. The van der Waals surface area contributed by atoms with E-state index in [0.29, 0.717) is 12.5 Å². The van der Waals surface area contributed by atoms with Crippen molar-refractivity contribution in [2.75, 3.05) is 19.9 Å². The number of fused-ring (bicyclic) bond motifs is 1. The van der Waals surface area contributed by atoms with Gasteiger partial charge in [-0.05, 0) is 36.5 Å². The SMILES string of the molecule is CC1CCN(C(=O)/C(C#N)=C\NCc2ccc3c(c2)OCO3)CC1. The summed E-state index contributed by atoms with van der Waals surface area (Å²) in [4.78, 5) is 14.2. The third kappa shape index (κ3) is 3.62. The quantitative estimate of drug-likeness (QED) is 0.678. The van der Waals surface area contributed by atoms with Gasteiger partial charge < -0.3 is 19.7 Å². The van der Waals surface area contributed by atoms with Gasteiger partial charge in [0.2, 0.25) is 6.79 Å². The van der Waals surface area contributed by atoms with Crippen molar-refractivity contribution in [2.45, 2.75) is 26.3 Å². The molecule has 126 valence electrons. The summed E-state index contributed by atoms with van der Waals surface area (Å²) in [5.41, 5.74) is 1.14. The van der Waals surface area contributed by atoms with Crippen LogP contribution >= 0.6 is 0 Å². The molecule has 0 radical (unpaired) electrons. The van der Waals surface area contributed by atoms with Crippen molar-refractivity contribution in [3.05, 3.63) is 35.5 Å². The van der Waals surface area contributed by atoms with Gasteiger partial charge in [-0.25, -0.2) is 0 Å². The van der Waals surface area contributed by atoms with Crippen LogP contribution in [0, 0.1) is 17.2 Å². The molecule has 0 bridgehead atoms. The van der Waals surface area contributed by atoms with Gasteiger partial charge >= 0.3 is 0 Å². The Bertz CT molecular complexity index is 685. The molecule has 1 fully saturated rings. The van der Waals surface area contributed by atoms with Crippen LogP contribution in [0.1, 0.15) is 25.3 Å². The minimum atomic E-state index is -0.192. The zero-order chi connectivity index (χ0) is 16.9. The third-order valence-corrected chi connectivity index (χ3v) is 4.41. The lowest BCUT2D eigenvalue weighted by Crippen LogP contribution is -2.38. The van der Waals surface area contributed by atoms with Crippen LogP contribution in [0.25, 0.3) is 0 Å². The van der Waals surface area contributed by atoms with Gasteiger partial charge in [0, 0.05) is 25.8 Å². The lowest BCUT2D eigenvalue weighted by molar-refractivity contribution is -0.128. The summed E-state index contributed by atoms with van der Waals surface area (Å²) in [6.45, 7) is 4.39. The minimum Gasteiger partial charge on any atom is -0.454 e. The third-order valence-electron chi connectivity index (χ3n) is 4.41. The van der Waals surface area contributed by atoms with Crippen molar-refractivity contribution in [3.8, 4) is 17.6 Å². The van der Waals surface area contributed by atoms with Gasteiger partial charge in [0.05, 0.1) is 0 Å². The van der Waals surface area contributed by atoms with Crippen molar-refractivity contribution in [1.82, 2.24) is 10.2 Å². The first kappa shape index (κ1) is 16.2. The Balaban J connectivity index is 1.58. The molecule has 1 aromatic carbocycles. The summed E-state index contributed by atoms with van der Waals surface area (Å²) in [5, 5.41) is 12.3. The Labute approximate surface area is 141 Å². The van der Waals surface area contributed by atoms with E-state index in [1.807, 2.05) is 24.3 Å². The number of nitriles is 1. The highest BCUT2D eigenvalue weighted by atomic mass is 16.7. The van der Waals surface area contributed by atoms with Gasteiger partial charge in [-0.1, -0.05) is 13.0 Å². The number of amides is 1. The second-order valence-electron chi connectivity index (χ2n) is 6.21. The van der Waals surface area contributed by atoms with E-state index in [-0.39, 0.29) is 18.3 Å². The molecule has 6 nitrogen and oxygen atoms in total. The van der Waals surface area contributed by atoms with E-state index in [4.69, 9.17) is 9.47 Å². The monoisotopic (exact) mass is 327 g/mol. The maximum Gasteiger partial charge on any atom is 0.265 e. The lowest BCUT2D eigenvalue weighted by atomic mass is 9.99. The zero-order valence-corrected chi connectivity index (χ0v) is 13.7. The fraction of sp³-hybridized carbons (Fsp3) is 0.444.